The van der Waals surface area contributed by atoms with Crippen LogP contribution >= 0.6 is 0 Å². The average molecular weight is 352 g/mol. The monoisotopic (exact) mass is 352 g/mol. The maximum atomic E-state index is 12.0. The zero-order chi connectivity index (χ0) is 18.7. The zero-order valence-corrected chi connectivity index (χ0v) is 15.3. The Morgan fingerprint density at radius 3 is 2.12 bits per heavy atom. The SMILES string of the molecule is CC(C)(C)c1ccc(CNC(=O)NCc2ccc3[nH]c(=O)[nH]c3c2)cc1. The minimum Gasteiger partial charge on any atom is -0.334 e. The molecule has 136 valence electrons. The van der Waals surface area contributed by atoms with Gasteiger partial charge in [-0.25, -0.2) is 9.59 Å². The molecule has 0 atom stereocenters. The van der Waals surface area contributed by atoms with E-state index >= 15 is 0 Å². The van der Waals surface area contributed by atoms with Gasteiger partial charge in [0.05, 0.1) is 11.0 Å². The van der Waals surface area contributed by atoms with Crippen LogP contribution in [-0.4, -0.2) is 16.0 Å². The lowest BCUT2D eigenvalue weighted by Gasteiger charge is -2.19. The van der Waals surface area contributed by atoms with Crippen molar-refractivity contribution in [3.63, 3.8) is 0 Å². The van der Waals surface area contributed by atoms with Crippen molar-refractivity contribution in [1.82, 2.24) is 20.6 Å². The number of aromatic amines is 2. The number of H-pyrrole nitrogens is 2. The fraction of sp³-hybridized carbons (Fsp3) is 0.300. The highest BCUT2D eigenvalue weighted by Crippen LogP contribution is 2.22. The van der Waals surface area contributed by atoms with Crippen LogP contribution in [0.4, 0.5) is 4.79 Å². The van der Waals surface area contributed by atoms with Gasteiger partial charge in [-0.05, 0) is 34.2 Å². The summed E-state index contributed by atoms with van der Waals surface area (Å²) in [5.41, 5.74) is 4.60. The van der Waals surface area contributed by atoms with Gasteiger partial charge in [-0.2, -0.15) is 0 Å². The first-order valence-corrected chi connectivity index (χ1v) is 8.63. The zero-order valence-electron chi connectivity index (χ0n) is 15.3. The quantitative estimate of drug-likeness (QED) is 0.581. The van der Waals surface area contributed by atoms with Gasteiger partial charge in [-0.3, -0.25) is 0 Å². The van der Waals surface area contributed by atoms with E-state index in [9.17, 15) is 9.59 Å². The molecule has 0 saturated carbocycles. The highest BCUT2D eigenvalue weighted by molar-refractivity contribution is 5.76. The third kappa shape index (κ3) is 4.33. The first kappa shape index (κ1) is 17.8. The highest BCUT2D eigenvalue weighted by Gasteiger charge is 2.12. The Morgan fingerprint density at radius 2 is 1.46 bits per heavy atom. The molecule has 26 heavy (non-hydrogen) atoms. The number of aromatic nitrogens is 2. The number of carbonyl (C=O) groups is 1. The van der Waals surface area contributed by atoms with E-state index in [2.05, 4.69) is 53.5 Å². The summed E-state index contributed by atoms with van der Waals surface area (Å²) >= 11 is 0. The van der Waals surface area contributed by atoms with Crippen molar-refractivity contribution in [2.24, 2.45) is 0 Å². The largest absolute Gasteiger partial charge is 0.334 e. The van der Waals surface area contributed by atoms with Gasteiger partial charge in [0.15, 0.2) is 0 Å². The normalized spacial score (nSPS) is 11.5. The predicted molar refractivity (Wildman–Crippen MR) is 103 cm³/mol. The second-order valence-electron chi connectivity index (χ2n) is 7.44. The van der Waals surface area contributed by atoms with E-state index < -0.39 is 0 Å². The first-order valence-electron chi connectivity index (χ1n) is 8.63. The number of imidazole rings is 1. The Hall–Kier alpha value is -3.02. The van der Waals surface area contributed by atoms with Crippen molar-refractivity contribution in [2.45, 2.75) is 39.3 Å². The molecule has 2 amide bonds. The van der Waals surface area contributed by atoms with E-state index in [0.29, 0.717) is 13.1 Å². The summed E-state index contributed by atoms with van der Waals surface area (Å²) in [6.45, 7) is 7.38. The molecule has 6 heteroatoms. The number of fused-ring (bicyclic) bond motifs is 1. The molecular weight excluding hydrogens is 328 g/mol. The summed E-state index contributed by atoms with van der Waals surface area (Å²) in [5.74, 6) is 0. The molecule has 0 radical (unpaired) electrons. The van der Waals surface area contributed by atoms with Gasteiger partial charge in [0.1, 0.15) is 0 Å². The lowest BCUT2D eigenvalue weighted by molar-refractivity contribution is 0.240. The number of amides is 2. The minimum absolute atomic E-state index is 0.119. The molecule has 6 nitrogen and oxygen atoms in total. The summed E-state index contributed by atoms with van der Waals surface area (Å²) in [6, 6.07) is 13.6. The van der Waals surface area contributed by atoms with Crippen LogP contribution in [0.15, 0.2) is 47.3 Å². The fourth-order valence-corrected chi connectivity index (χ4v) is 2.74. The van der Waals surface area contributed by atoms with Crippen LogP contribution in [0.2, 0.25) is 0 Å². The molecule has 0 unspecified atom stereocenters. The molecular formula is C20H24N4O2. The van der Waals surface area contributed by atoms with Gasteiger partial charge >= 0.3 is 11.7 Å². The Balaban J connectivity index is 1.51. The predicted octanol–water partition coefficient (Wildman–Crippen LogP) is 3.15. The van der Waals surface area contributed by atoms with Crippen molar-refractivity contribution in [3.05, 3.63) is 69.6 Å². The molecule has 0 spiro atoms. The number of rotatable bonds is 4. The minimum atomic E-state index is -0.236. The van der Waals surface area contributed by atoms with E-state index in [1.807, 2.05) is 30.3 Å². The molecule has 1 aromatic heterocycles. The second-order valence-corrected chi connectivity index (χ2v) is 7.44. The van der Waals surface area contributed by atoms with Gasteiger partial charge < -0.3 is 20.6 Å². The Kier molecular flexibility index (Phi) is 4.84. The van der Waals surface area contributed by atoms with Crippen LogP contribution in [0.1, 0.15) is 37.5 Å². The van der Waals surface area contributed by atoms with E-state index in [4.69, 9.17) is 0 Å². The van der Waals surface area contributed by atoms with E-state index in [1.54, 1.807) is 0 Å². The van der Waals surface area contributed by atoms with Gasteiger partial charge in [0.25, 0.3) is 0 Å². The molecule has 3 rings (SSSR count). The summed E-state index contributed by atoms with van der Waals surface area (Å²) in [4.78, 5) is 28.7. The number of nitrogens with one attached hydrogen (secondary N) is 4. The van der Waals surface area contributed by atoms with Crippen molar-refractivity contribution < 1.29 is 4.79 Å². The number of hydrogen-bond donors (Lipinski definition) is 4. The summed E-state index contributed by atoms with van der Waals surface area (Å²) in [7, 11) is 0. The van der Waals surface area contributed by atoms with Crippen molar-refractivity contribution in [2.75, 3.05) is 0 Å². The summed E-state index contributed by atoms with van der Waals surface area (Å²) in [6.07, 6.45) is 0. The topological polar surface area (TPSA) is 89.8 Å². The van der Waals surface area contributed by atoms with Crippen molar-refractivity contribution >= 4 is 17.1 Å². The average Bonchev–Trinajstić information content (AvgIpc) is 2.97. The summed E-state index contributed by atoms with van der Waals surface area (Å²) < 4.78 is 0. The molecule has 0 fully saturated rings. The second kappa shape index (κ2) is 7.07. The van der Waals surface area contributed by atoms with Crippen LogP contribution in [0.5, 0.6) is 0 Å². The molecule has 0 aliphatic heterocycles. The van der Waals surface area contributed by atoms with Gasteiger partial charge in [0, 0.05) is 13.1 Å². The number of hydrogen-bond acceptors (Lipinski definition) is 2. The molecule has 2 aromatic carbocycles. The van der Waals surface area contributed by atoms with Crippen LogP contribution < -0.4 is 16.3 Å². The maximum Gasteiger partial charge on any atom is 0.323 e. The fourth-order valence-electron chi connectivity index (χ4n) is 2.74. The van der Waals surface area contributed by atoms with Crippen LogP contribution in [-0.2, 0) is 18.5 Å². The standard InChI is InChI=1S/C20H24N4O2/c1-20(2,3)15-7-4-13(5-8-15)11-21-18(25)22-12-14-6-9-16-17(10-14)24-19(26)23-16/h4-10H,11-12H2,1-3H3,(H2,21,22,25)(H2,23,24,26). The van der Waals surface area contributed by atoms with Crippen LogP contribution in [0.25, 0.3) is 11.0 Å². The van der Waals surface area contributed by atoms with Gasteiger partial charge in [-0.1, -0.05) is 51.1 Å². The molecule has 3 aromatic rings. The molecule has 0 aliphatic rings. The van der Waals surface area contributed by atoms with E-state index in [-0.39, 0.29) is 17.1 Å². The van der Waals surface area contributed by atoms with Crippen LogP contribution in [0, 0.1) is 0 Å². The highest BCUT2D eigenvalue weighted by atomic mass is 16.2. The van der Waals surface area contributed by atoms with Crippen molar-refractivity contribution in [1.29, 1.82) is 0 Å². The third-order valence-electron chi connectivity index (χ3n) is 4.31. The van der Waals surface area contributed by atoms with Gasteiger partial charge in [0.2, 0.25) is 0 Å². The third-order valence-corrected chi connectivity index (χ3v) is 4.31. The van der Waals surface area contributed by atoms with Gasteiger partial charge in [-0.15, -0.1) is 0 Å². The Bertz CT molecular complexity index is 962. The van der Waals surface area contributed by atoms with E-state index in [0.717, 1.165) is 22.2 Å². The smallest absolute Gasteiger partial charge is 0.323 e. The molecule has 0 bridgehead atoms. The van der Waals surface area contributed by atoms with Crippen LogP contribution in [0.3, 0.4) is 0 Å². The molecule has 0 saturated heterocycles. The number of urea groups is 1. The molecule has 1 heterocycles. The molecule has 4 N–H and O–H groups in total. The number of benzene rings is 2. The van der Waals surface area contributed by atoms with E-state index in [1.165, 1.54) is 5.56 Å². The van der Waals surface area contributed by atoms with Crippen molar-refractivity contribution in [3.8, 4) is 0 Å². The number of carbonyl (C=O) groups excluding carboxylic acids is 1. The Morgan fingerprint density at radius 1 is 0.885 bits per heavy atom. The first-order chi connectivity index (χ1) is 12.3. The Labute approximate surface area is 152 Å². The summed E-state index contributed by atoms with van der Waals surface area (Å²) in [5, 5.41) is 5.68. The lowest BCUT2D eigenvalue weighted by atomic mass is 9.87. The molecule has 0 aliphatic carbocycles. The maximum absolute atomic E-state index is 12.0. The lowest BCUT2D eigenvalue weighted by Crippen LogP contribution is -2.34.